The Morgan fingerprint density at radius 2 is 2.23 bits per heavy atom. The lowest BCUT2D eigenvalue weighted by Gasteiger charge is -2.09. The fourth-order valence-corrected chi connectivity index (χ4v) is 2.14. The number of nitrogens with one attached hydrogen (secondary N) is 1. The molecule has 5 nitrogen and oxygen atoms in total. The number of hydrogen-bond donors (Lipinski definition) is 1. The summed E-state index contributed by atoms with van der Waals surface area (Å²) in [5.74, 6) is -0.169. The molecule has 0 unspecified atom stereocenters. The molecule has 0 bridgehead atoms. The Balaban J connectivity index is 2.18. The Hall–Kier alpha value is -2.15. The highest BCUT2D eigenvalue weighted by atomic mass is 35.5. The zero-order valence-electron chi connectivity index (χ0n) is 11.8. The van der Waals surface area contributed by atoms with Crippen LogP contribution in [0.15, 0.2) is 22.7 Å². The first kappa shape index (κ1) is 16.2. The number of carbonyl (C=O) groups excluding carboxylic acids is 1. The molecule has 2 rings (SSSR count). The van der Waals surface area contributed by atoms with Gasteiger partial charge >= 0.3 is 6.61 Å². The topological polar surface area (TPSA) is 64.4 Å². The molecule has 0 atom stereocenters. The smallest absolute Gasteiger partial charge is 0.387 e. The summed E-state index contributed by atoms with van der Waals surface area (Å²) in [6, 6.07) is 3.99. The fraction of sp³-hybridized carbons (Fsp3) is 0.286. The predicted molar refractivity (Wildman–Crippen MR) is 76.7 cm³/mol. The lowest BCUT2D eigenvalue weighted by Crippen LogP contribution is -2.14. The molecule has 0 fully saturated rings. The average Bonchev–Trinajstić information content (AvgIpc) is 2.82. The minimum atomic E-state index is -2.97. The molecule has 0 aliphatic heterocycles. The van der Waals surface area contributed by atoms with Gasteiger partial charge in [0.2, 0.25) is 0 Å². The van der Waals surface area contributed by atoms with Crippen LogP contribution in [0.5, 0.6) is 5.75 Å². The van der Waals surface area contributed by atoms with Crippen molar-refractivity contribution >= 4 is 23.2 Å². The van der Waals surface area contributed by atoms with E-state index in [-0.39, 0.29) is 10.8 Å². The molecule has 1 aromatic carbocycles. The molecule has 1 amide bonds. The van der Waals surface area contributed by atoms with Gasteiger partial charge in [-0.3, -0.25) is 4.79 Å². The van der Waals surface area contributed by atoms with Gasteiger partial charge in [0.1, 0.15) is 17.1 Å². The molecule has 1 heterocycles. The minimum absolute atomic E-state index is 0.0316. The van der Waals surface area contributed by atoms with E-state index in [2.05, 4.69) is 15.2 Å². The number of rotatable bonds is 5. The van der Waals surface area contributed by atoms with Crippen molar-refractivity contribution in [1.82, 2.24) is 5.16 Å². The van der Waals surface area contributed by atoms with Crippen molar-refractivity contribution in [2.24, 2.45) is 0 Å². The molecule has 118 valence electrons. The van der Waals surface area contributed by atoms with Gasteiger partial charge in [0.15, 0.2) is 0 Å². The van der Waals surface area contributed by atoms with E-state index in [1.165, 1.54) is 18.2 Å². The maximum Gasteiger partial charge on any atom is 0.387 e. The normalized spacial score (nSPS) is 10.8. The van der Waals surface area contributed by atoms with Crippen molar-refractivity contribution in [2.45, 2.75) is 26.9 Å². The van der Waals surface area contributed by atoms with E-state index >= 15 is 0 Å². The largest absolute Gasteiger partial charge is 0.433 e. The van der Waals surface area contributed by atoms with Gasteiger partial charge < -0.3 is 14.6 Å². The monoisotopic (exact) mass is 330 g/mol. The molecule has 0 aliphatic rings. The molecule has 0 aliphatic carbocycles. The summed E-state index contributed by atoms with van der Waals surface area (Å²) in [4.78, 5) is 12.2. The van der Waals surface area contributed by atoms with Crippen molar-refractivity contribution in [1.29, 1.82) is 0 Å². The third kappa shape index (κ3) is 3.54. The summed E-state index contributed by atoms with van der Waals surface area (Å²) in [5, 5.41) is 6.38. The molecule has 8 heteroatoms. The summed E-state index contributed by atoms with van der Waals surface area (Å²) in [5.41, 5.74) is 1.24. The summed E-state index contributed by atoms with van der Waals surface area (Å²) in [6.45, 7) is 0.513. The molecule has 0 saturated carbocycles. The van der Waals surface area contributed by atoms with Crippen LogP contribution < -0.4 is 10.1 Å². The Morgan fingerprint density at radius 3 is 2.82 bits per heavy atom. The van der Waals surface area contributed by atoms with Crippen LogP contribution in [0.2, 0.25) is 5.02 Å². The van der Waals surface area contributed by atoms with E-state index < -0.39 is 12.5 Å². The zero-order chi connectivity index (χ0) is 16.3. The third-order valence-corrected chi connectivity index (χ3v) is 3.20. The van der Waals surface area contributed by atoms with Crippen LogP contribution in [0.25, 0.3) is 0 Å². The number of halogens is 3. The van der Waals surface area contributed by atoms with Crippen LogP contribution in [0.4, 0.5) is 14.5 Å². The number of alkyl halides is 2. The second-order valence-electron chi connectivity index (χ2n) is 4.39. The van der Waals surface area contributed by atoms with Crippen LogP contribution in [-0.4, -0.2) is 17.7 Å². The molecular weight excluding hydrogens is 318 g/mol. The second-order valence-corrected chi connectivity index (χ2v) is 4.80. The number of benzene rings is 1. The summed E-state index contributed by atoms with van der Waals surface area (Å²) in [7, 11) is 0. The van der Waals surface area contributed by atoms with Crippen molar-refractivity contribution in [3.05, 3.63) is 40.2 Å². The Kier molecular flexibility index (Phi) is 4.97. The number of aromatic nitrogens is 1. The molecule has 1 aromatic heterocycles. The number of hydrogen-bond acceptors (Lipinski definition) is 4. The fourth-order valence-electron chi connectivity index (χ4n) is 1.91. The SMILES string of the molecule is CCc1noc(C)c1C(=O)Nc1ccc(OC(F)F)c(Cl)c1. The maximum atomic E-state index is 12.2. The first-order valence-electron chi connectivity index (χ1n) is 6.43. The quantitative estimate of drug-likeness (QED) is 0.898. The van der Waals surface area contributed by atoms with Crippen LogP contribution >= 0.6 is 11.6 Å². The third-order valence-electron chi connectivity index (χ3n) is 2.90. The van der Waals surface area contributed by atoms with Gasteiger partial charge in [0, 0.05) is 5.69 Å². The molecule has 0 saturated heterocycles. The molecule has 0 spiro atoms. The van der Waals surface area contributed by atoms with Gasteiger partial charge in [-0.2, -0.15) is 8.78 Å². The first-order chi connectivity index (χ1) is 10.4. The molecular formula is C14H13ClF2N2O3. The number of ether oxygens (including phenoxy) is 1. The lowest BCUT2D eigenvalue weighted by molar-refractivity contribution is -0.0497. The van der Waals surface area contributed by atoms with Gasteiger partial charge in [-0.05, 0) is 31.5 Å². The van der Waals surface area contributed by atoms with Crippen molar-refractivity contribution in [3.8, 4) is 5.75 Å². The summed E-state index contributed by atoms with van der Waals surface area (Å²) < 4.78 is 33.5. The van der Waals surface area contributed by atoms with Crippen molar-refractivity contribution in [2.75, 3.05) is 5.32 Å². The second kappa shape index (κ2) is 6.74. The molecule has 2 aromatic rings. The lowest BCUT2D eigenvalue weighted by atomic mass is 10.1. The number of aryl methyl sites for hydroxylation is 2. The minimum Gasteiger partial charge on any atom is -0.433 e. The molecule has 22 heavy (non-hydrogen) atoms. The highest BCUT2D eigenvalue weighted by Crippen LogP contribution is 2.29. The van der Waals surface area contributed by atoms with E-state index in [4.69, 9.17) is 16.1 Å². The number of nitrogens with zero attached hydrogens (tertiary/aromatic N) is 1. The van der Waals surface area contributed by atoms with E-state index in [0.29, 0.717) is 29.1 Å². The Bertz CT molecular complexity index is 689. The van der Waals surface area contributed by atoms with Crippen LogP contribution in [0, 0.1) is 6.92 Å². The average molecular weight is 331 g/mol. The number of anilines is 1. The Morgan fingerprint density at radius 1 is 1.50 bits per heavy atom. The van der Waals surface area contributed by atoms with E-state index in [1.807, 2.05) is 6.92 Å². The molecule has 1 N–H and O–H groups in total. The van der Waals surface area contributed by atoms with Crippen LogP contribution in [0.1, 0.15) is 28.7 Å². The molecule has 0 radical (unpaired) electrons. The summed E-state index contributed by atoms with van der Waals surface area (Å²) >= 11 is 5.83. The van der Waals surface area contributed by atoms with Crippen molar-refractivity contribution in [3.63, 3.8) is 0 Å². The standard InChI is InChI=1S/C14H13ClF2N2O3/c1-3-10-12(7(2)22-19-10)13(20)18-8-4-5-11(9(15)6-8)21-14(16)17/h4-6,14H,3H2,1-2H3,(H,18,20). The van der Waals surface area contributed by atoms with E-state index in [0.717, 1.165) is 0 Å². The van der Waals surface area contributed by atoms with Gasteiger partial charge in [0.05, 0.1) is 10.7 Å². The van der Waals surface area contributed by atoms with Crippen molar-refractivity contribution < 1.29 is 22.8 Å². The maximum absolute atomic E-state index is 12.2. The van der Waals surface area contributed by atoms with E-state index in [1.54, 1.807) is 6.92 Å². The van der Waals surface area contributed by atoms with Gasteiger partial charge in [0.25, 0.3) is 5.91 Å². The summed E-state index contributed by atoms with van der Waals surface area (Å²) in [6.07, 6.45) is 0.544. The highest BCUT2D eigenvalue weighted by molar-refractivity contribution is 6.32. The number of amides is 1. The predicted octanol–water partition coefficient (Wildman–Crippen LogP) is 4.05. The first-order valence-corrected chi connectivity index (χ1v) is 6.81. The zero-order valence-corrected chi connectivity index (χ0v) is 12.6. The van der Waals surface area contributed by atoms with Crippen LogP contribution in [-0.2, 0) is 6.42 Å². The van der Waals surface area contributed by atoms with Gasteiger partial charge in [-0.1, -0.05) is 23.7 Å². The highest BCUT2D eigenvalue weighted by Gasteiger charge is 2.19. The number of carbonyl (C=O) groups is 1. The van der Waals surface area contributed by atoms with Gasteiger partial charge in [-0.15, -0.1) is 0 Å². The van der Waals surface area contributed by atoms with E-state index in [9.17, 15) is 13.6 Å². The Labute approximate surface area is 130 Å². The van der Waals surface area contributed by atoms with Crippen LogP contribution in [0.3, 0.4) is 0 Å². The van der Waals surface area contributed by atoms with Gasteiger partial charge in [-0.25, -0.2) is 0 Å².